The van der Waals surface area contributed by atoms with Crippen molar-refractivity contribution in [3.05, 3.63) is 89.5 Å². The Bertz CT molecular complexity index is 750. The van der Waals surface area contributed by atoms with E-state index in [2.05, 4.69) is 6.58 Å². The molecule has 0 aromatic heterocycles. The molecule has 110 valence electrons. The summed E-state index contributed by atoms with van der Waals surface area (Å²) in [7, 11) is 0. The highest BCUT2D eigenvalue weighted by Gasteiger charge is 2.15. The number of benzene rings is 2. The van der Waals surface area contributed by atoms with E-state index in [9.17, 15) is 9.59 Å². The fourth-order valence-corrected chi connectivity index (χ4v) is 2.36. The normalized spacial score (nSPS) is 11.1. The molecule has 0 spiro atoms. The fourth-order valence-electron chi connectivity index (χ4n) is 2.36. The van der Waals surface area contributed by atoms with E-state index in [0.717, 1.165) is 11.1 Å². The van der Waals surface area contributed by atoms with Crippen molar-refractivity contribution in [2.45, 2.75) is 13.8 Å². The molecular formula is C20H18O2. The van der Waals surface area contributed by atoms with Gasteiger partial charge in [-0.1, -0.05) is 67.3 Å². The van der Waals surface area contributed by atoms with Crippen LogP contribution in [0.1, 0.15) is 45.7 Å². The molecular weight excluding hydrogens is 272 g/mol. The van der Waals surface area contributed by atoms with Gasteiger partial charge < -0.3 is 0 Å². The topological polar surface area (TPSA) is 34.1 Å². The second-order valence-corrected chi connectivity index (χ2v) is 4.96. The summed E-state index contributed by atoms with van der Waals surface area (Å²) in [6.07, 6.45) is 3.75. The Labute approximate surface area is 130 Å². The van der Waals surface area contributed by atoms with Gasteiger partial charge in [-0.15, -0.1) is 0 Å². The molecule has 0 atom stereocenters. The average Bonchev–Trinajstić information content (AvgIpc) is 2.56. The molecule has 2 aromatic rings. The van der Waals surface area contributed by atoms with Gasteiger partial charge >= 0.3 is 0 Å². The van der Waals surface area contributed by atoms with E-state index < -0.39 is 0 Å². The van der Waals surface area contributed by atoms with Gasteiger partial charge in [0.25, 0.3) is 0 Å². The molecule has 0 saturated carbocycles. The first-order valence-corrected chi connectivity index (χ1v) is 7.12. The van der Waals surface area contributed by atoms with Crippen molar-refractivity contribution in [1.29, 1.82) is 0 Å². The monoisotopic (exact) mass is 290 g/mol. The second-order valence-electron chi connectivity index (χ2n) is 4.96. The van der Waals surface area contributed by atoms with E-state index in [4.69, 9.17) is 0 Å². The quantitative estimate of drug-likeness (QED) is 0.590. The maximum absolute atomic E-state index is 12.6. The number of carbonyl (C=O) groups excluding carboxylic acids is 2. The Balaban J connectivity index is 2.39. The lowest BCUT2D eigenvalue weighted by Crippen LogP contribution is -2.08. The molecule has 0 amide bonds. The molecule has 0 aliphatic rings. The second kappa shape index (κ2) is 6.81. The minimum atomic E-state index is -0.141. The fraction of sp³-hybridized carbons (Fsp3) is 0.100. The van der Waals surface area contributed by atoms with Crippen LogP contribution in [0.15, 0.2) is 67.3 Å². The summed E-state index contributed by atoms with van der Waals surface area (Å²) in [5.74, 6) is -0.249. The number of hydrogen-bond acceptors (Lipinski definition) is 2. The van der Waals surface area contributed by atoms with Crippen LogP contribution in [0.4, 0.5) is 0 Å². The molecule has 2 heteroatoms. The molecule has 0 saturated heterocycles. The van der Waals surface area contributed by atoms with Gasteiger partial charge in [-0.05, 0) is 25.0 Å². The van der Waals surface area contributed by atoms with Crippen molar-refractivity contribution < 1.29 is 9.59 Å². The van der Waals surface area contributed by atoms with Crippen molar-refractivity contribution in [2.24, 2.45) is 0 Å². The maximum Gasteiger partial charge on any atom is 0.193 e. The third-order valence-corrected chi connectivity index (χ3v) is 3.56. The first kappa shape index (κ1) is 15.6. The van der Waals surface area contributed by atoms with Crippen LogP contribution in [-0.2, 0) is 0 Å². The van der Waals surface area contributed by atoms with Crippen LogP contribution in [0.2, 0.25) is 0 Å². The van der Waals surface area contributed by atoms with Gasteiger partial charge in [0, 0.05) is 16.7 Å². The summed E-state index contributed by atoms with van der Waals surface area (Å²) in [5, 5.41) is 0. The van der Waals surface area contributed by atoms with Gasteiger partial charge in [0.15, 0.2) is 11.6 Å². The lowest BCUT2D eigenvalue weighted by molar-refractivity contribution is 0.0990. The van der Waals surface area contributed by atoms with Gasteiger partial charge in [-0.25, -0.2) is 0 Å². The molecule has 0 aliphatic carbocycles. The highest BCUT2D eigenvalue weighted by Crippen LogP contribution is 2.19. The van der Waals surface area contributed by atoms with E-state index in [1.54, 1.807) is 42.5 Å². The Hall–Kier alpha value is -2.74. The van der Waals surface area contributed by atoms with Crippen LogP contribution in [0.25, 0.3) is 5.57 Å². The predicted molar refractivity (Wildman–Crippen MR) is 90.2 cm³/mol. The van der Waals surface area contributed by atoms with Crippen molar-refractivity contribution in [2.75, 3.05) is 0 Å². The molecule has 0 bridgehead atoms. The number of rotatable bonds is 5. The zero-order valence-corrected chi connectivity index (χ0v) is 12.8. The van der Waals surface area contributed by atoms with Gasteiger partial charge in [-0.3, -0.25) is 9.59 Å². The Morgan fingerprint density at radius 2 is 1.45 bits per heavy atom. The summed E-state index contributed by atoms with van der Waals surface area (Å²) in [4.78, 5) is 24.3. The third kappa shape index (κ3) is 3.12. The van der Waals surface area contributed by atoms with Crippen LogP contribution in [0.5, 0.6) is 0 Å². The molecule has 2 rings (SSSR count). The summed E-state index contributed by atoms with van der Waals surface area (Å²) >= 11 is 0. The zero-order valence-electron chi connectivity index (χ0n) is 12.8. The molecule has 0 radical (unpaired) electrons. The van der Waals surface area contributed by atoms with Crippen molar-refractivity contribution in [3.63, 3.8) is 0 Å². The maximum atomic E-state index is 12.6. The van der Waals surface area contributed by atoms with Crippen LogP contribution in [-0.4, -0.2) is 11.6 Å². The van der Waals surface area contributed by atoms with Crippen LogP contribution in [0.3, 0.4) is 0 Å². The minimum absolute atomic E-state index is 0.108. The molecule has 0 aliphatic heterocycles. The zero-order chi connectivity index (χ0) is 16.1. The van der Waals surface area contributed by atoms with Crippen LogP contribution < -0.4 is 0 Å². The first-order chi connectivity index (χ1) is 10.6. The number of ketones is 2. The summed E-state index contributed by atoms with van der Waals surface area (Å²) in [5.41, 5.74) is 3.49. The average molecular weight is 290 g/mol. The number of carbonyl (C=O) groups is 2. The van der Waals surface area contributed by atoms with Gasteiger partial charge in [0.05, 0.1) is 0 Å². The summed E-state index contributed by atoms with van der Waals surface area (Å²) < 4.78 is 0. The van der Waals surface area contributed by atoms with Crippen LogP contribution in [0, 0.1) is 0 Å². The Morgan fingerprint density at radius 1 is 0.909 bits per heavy atom. The molecule has 0 heterocycles. The highest BCUT2D eigenvalue weighted by molar-refractivity contribution is 6.15. The smallest absolute Gasteiger partial charge is 0.193 e. The molecule has 2 aromatic carbocycles. The van der Waals surface area contributed by atoms with Crippen molar-refractivity contribution in [3.8, 4) is 0 Å². The molecule has 22 heavy (non-hydrogen) atoms. The lowest BCUT2D eigenvalue weighted by Gasteiger charge is -2.07. The van der Waals surface area contributed by atoms with E-state index in [-0.39, 0.29) is 11.6 Å². The number of hydrogen-bond donors (Lipinski definition) is 0. The largest absolute Gasteiger partial charge is 0.294 e. The first-order valence-electron chi connectivity index (χ1n) is 7.12. The van der Waals surface area contributed by atoms with Crippen molar-refractivity contribution >= 4 is 17.1 Å². The van der Waals surface area contributed by atoms with Gasteiger partial charge in [0.1, 0.15) is 0 Å². The minimum Gasteiger partial charge on any atom is -0.294 e. The van der Waals surface area contributed by atoms with Gasteiger partial charge in [0.2, 0.25) is 0 Å². The van der Waals surface area contributed by atoms with E-state index >= 15 is 0 Å². The van der Waals surface area contributed by atoms with E-state index in [1.165, 1.54) is 6.92 Å². The van der Waals surface area contributed by atoms with E-state index in [1.807, 2.05) is 25.1 Å². The number of allylic oxidation sites excluding steroid dienone is 3. The SMILES string of the molecule is C=C/C(=C\C)c1ccc(C(=O)c2ccccc2C(C)=O)cc1. The number of Topliss-reactive ketones (excluding diaryl/α,β-unsaturated/α-hetero) is 1. The van der Waals surface area contributed by atoms with Crippen molar-refractivity contribution in [1.82, 2.24) is 0 Å². The molecule has 0 fully saturated rings. The van der Waals surface area contributed by atoms with Crippen LogP contribution >= 0.6 is 0 Å². The molecule has 0 unspecified atom stereocenters. The molecule has 2 nitrogen and oxygen atoms in total. The van der Waals surface area contributed by atoms with Gasteiger partial charge in [-0.2, -0.15) is 0 Å². The van der Waals surface area contributed by atoms with E-state index in [0.29, 0.717) is 16.7 Å². The lowest BCUT2D eigenvalue weighted by atomic mass is 9.95. The Morgan fingerprint density at radius 3 is 1.95 bits per heavy atom. The summed E-state index contributed by atoms with van der Waals surface area (Å²) in [6, 6.07) is 14.2. The summed E-state index contributed by atoms with van der Waals surface area (Å²) in [6.45, 7) is 7.19. The predicted octanol–water partition coefficient (Wildman–Crippen LogP) is 4.71. The standard InChI is InChI=1S/C20H18O2/c1-4-15(5-2)16-10-12-17(13-11-16)20(22)19-9-7-6-8-18(19)14(3)21/h4-13H,1H2,2-3H3/b15-5+. The molecule has 0 N–H and O–H groups in total. The Kier molecular flexibility index (Phi) is 4.84. The third-order valence-electron chi connectivity index (χ3n) is 3.56. The highest BCUT2D eigenvalue weighted by atomic mass is 16.1.